The maximum atomic E-state index is 12.1. The number of ether oxygens (including phenoxy) is 1. The lowest BCUT2D eigenvalue weighted by molar-refractivity contribution is 0.227. The predicted octanol–water partition coefficient (Wildman–Crippen LogP) is -0.225. The van der Waals surface area contributed by atoms with Gasteiger partial charge in [0.05, 0.1) is 17.8 Å². The van der Waals surface area contributed by atoms with Gasteiger partial charge in [-0.1, -0.05) is 0 Å². The summed E-state index contributed by atoms with van der Waals surface area (Å²) < 4.78 is 49.4. The summed E-state index contributed by atoms with van der Waals surface area (Å²) in [6.45, 7) is 0. The van der Waals surface area contributed by atoms with Crippen LogP contribution in [0.5, 0.6) is 5.75 Å². The monoisotopic (exact) mass is 298 g/mol. The Labute approximate surface area is 111 Å². The van der Waals surface area contributed by atoms with E-state index in [0.717, 1.165) is 0 Å². The minimum absolute atomic E-state index is 0.0528. The maximum Gasteiger partial charge on any atom is 0.492 e. The molecule has 0 bridgehead atoms. The van der Waals surface area contributed by atoms with Gasteiger partial charge in [0, 0.05) is 6.04 Å². The second-order valence-electron chi connectivity index (χ2n) is 3.78. The molecule has 0 aliphatic rings. The minimum atomic E-state index is -3.72. The number of hydrogen-bond acceptors (Lipinski definition) is 6. The average Bonchev–Trinajstić information content (AvgIpc) is 2.52. The van der Waals surface area contributed by atoms with Crippen molar-refractivity contribution in [3.05, 3.63) is 24.3 Å². The van der Waals surface area contributed by atoms with Crippen LogP contribution in [-0.4, -0.2) is 48.8 Å². The van der Waals surface area contributed by atoms with E-state index in [1.54, 1.807) is 12.1 Å². The standard InChI is InChI=1S/C10H16O6SSi/c1-16-9-3-5-10(6-4-9)17(11,12)7-2-8-18(13,14)15/h3-6,13-15H,2,7-8H2,1H3/i13T,14T,15T. The van der Waals surface area contributed by atoms with Gasteiger partial charge in [0.2, 0.25) is 0 Å². The van der Waals surface area contributed by atoms with Crippen molar-refractivity contribution >= 4 is 18.6 Å². The molecule has 0 saturated carbocycles. The first-order chi connectivity index (χ1) is 9.93. The molecule has 1 aromatic carbocycles. The van der Waals surface area contributed by atoms with Gasteiger partial charge in [0.15, 0.2) is 14.1 Å². The zero-order valence-electron chi connectivity index (χ0n) is 12.8. The van der Waals surface area contributed by atoms with Crippen LogP contribution in [-0.2, 0) is 9.84 Å². The second-order valence-corrected chi connectivity index (χ2v) is 7.76. The molecule has 1 aromatic rings. The summed E-state index contributed by atoms with van der Waals surface area (Å²) in [6, 6.07) is 5.83. The van der Waals surface area contributed by atoms with Crippen molar-refractivity contribution in [2.75, 3.05) is 12.9 Å². The van der Waals surface area contributed by atoms with Gasteiger partial charge in [0.25, 0.3) is 0 Å². The minimum Gasteiger partial charge on any atom is -0.497 e. The third kappa shape index (κ3) is 4.74. The lowest BCUT2D eigenvalue weighted by Crippen LogP contribution is -2.34. The first kappa shape index (κ1) is 10.9. The smallest absolute Gasteiger partial charge is 0.492 e. The fourth-order valence-corrected chi connectivity index (χ4v) is 3.56. The Bertz CT molecular complexity index is 526. The molecule has 8 heteroatoms. The first-order valence-electron chi connectivity index (χ1n) is 6.45. The highest BCUT2D eigenvalue weighted by molar-refractivity contribution is 7.91. The molecule has 0 fully saturated rings. The number of hydrogen-bond donors (Lipinski definition) is 3. The molecule has 0 amide bonds. The number of methoxy groups -OCH3 is 1. The van der Waals surface area contributed by atoms with Gasteiger partial charge in [-0.15, -0.1) is 0 Å². The molecule has 0 heterocycles. The highest BCUT2D eigenvalue weighted by Crippen LogP contribution is 2.18. The number of benzene rings is 1. The lowest BCUT2D eigenvalue weighted by Gasteiger charge is -2.09. The Hall–Kier alpha value is -0.933. The molecule has 0 aliphatic heterocycles. The Morgan fingerprint density at radius 3 is 2.39 bits per heavy atom. The van der Waals surface area contributed by atoms with Crippen LogP contribution in [0, 0.1) is 0 Å². The summed E-state index contributed by atoms with van der Waals surface area (Å²) in [6.07, 6.45) is 0.0528. The van der Waals surface area contributed by atoms with E-state index < -0.39 is 18.6 Å². The molecule has 1 rings (SSSR count). The van der Waals surface area contributed by atoms with E-state index in [4.69, 9.17) is 9.03 Å². The third-order valence-electron chi connectivity index (χ3n) is 2.31. The summed E-state index contributed by atoms with van der Waals surface area (Å²) in [7, 11) is -5.75. The van der Waals surface area contributed by atoms with Crippen molar-refractivity contribution in [1.82, 2.24) is 0 Å². The normalized spacial score (nSPS) is 14.6. The molecule has 102 valence electrons. The highest BCUT2D eigenvalue weighted by Gasteiger charge is 2.27. The number of rotatable bonds is 9. The van der Waals surface area contributed by atoms with Crippen molar-refractivity contribution in [3.8, 4) is 5.75 Å². The SMILES string of the molecule is [3H]O[Si](CCCS(=O)(=O)c1ccc(OC)cc1)(O[3H])O[3H]. The van der Waals surface area contributed by atoms with E-state index in [1.165, 1.54) is 19.2 Å². The van der Waals surface area contributed by atoms with E-state index >= 15 is 0 Å². The van der Waals surface area contributed by atoms with E-state index in [-0.39, 0.29) is 23.1 Å². The van der Waals surface area contributed by atoms with Gasteiger partial charge in [-0.2, -0.15) is 0 Å². The third-order valence-corrected chi connectivity index (χ3v) is 5.10. The van der Waals surface area contributed by atoms with Crippen molar-refractivity contribution in [1.29, 1.82) is 4.29 Å². The van der Waals surface area contributed by atoms with Gasteiger partial charge in [-0.25, -0.2) is 8.42 Å². The van der Waals surface area contributed by atoms with Crippen molar-refractivity contribution in [2.45, 2.75) is 17.4 Å². The largest absolute Gasteiger partial charge is 0.497 e. The Kier molecular flexibility index (Phi) is 3.53. The van der Waals surface area contributed by atoms with Crippen LogP contribution in [0.25, 0.3) is 0 Å². The lowest BCUT2D eigenvalue weighted by atomic mass is 10.3. The van der Waals surface area contributed by atoms with Crippen LogP contribution in [0.1, 0.15) is 6.42 Å². The van der Waals surface area contributed by atoms with Crippen LogP contribution in [0.2, 0.25) is 6.04 Å². The van der Waals surface area contributed by atoms with Gasteiger partial charge in [-0.3, -0.25) is 0 Å². The van der Waals surface area contributed by atoms with Gasteiger partial charge in [0.1, 0.15) is 5.75 Å². The van der Waals surface area contributed by atoms with E-state index in [0.29, 0.717) is 5.75 Å². The number of sulfone groups is 1. The van der Waals surface area contributed by atoms with Crippen LogP contribution < -0.4 is 4.74 Å². The van der Waals surface area contributed by atoms with Crippen LogP contribution in [0.3, 0.4) is 0 Å². The molecule has 18 heavy (non-hydrogen) atoms. The van der Waals surface area contributed by atoms with Crippen molar-refractivity contribution in [2.24, 2.45) is 0 Å². The van der Waals surface area contributed by atoms with Crippen LogP contribution >= 0.6 is 0 Å². The van der Waals surface area contributed by atoms with Gasteiger partial charge >= 0.3 is 8.80 Å². The molecule has 0 spiro atoms. The Morgan fingerprint density at radius 2 is 1.89 bits per heavy atom. The van der Waals surface area contributed by atoms with Gasteiger partial charge < -0.3 is 19.1 Å². The summed E-state index contributed by atoms with van der Waals surface area (Å²) in [5.74, 6) is 0.317. The zero-order valence-corrected chi connectivity index (χ0v) is 11.6. The predicted molar refractivity (Wildman–Crippen MR) is 66.9 cm³/mol. The summed E-state index contributed by atoms with van der Waals surface area (Å²) in [4.78, 5) is 12.6. The molecule has 0 aromatic heterocycles. The highest BCUT2D eigenvalue weighted by atomic mass is 32.2. The van der Waals surface area contributed by atoms with E-state index in [1.807, 2.05) is 0 Å². The summed E-state index contributed by atoms with van der Waals surface area (Å²) in [5.41, 5.74) is 0. The van der Waals surface area contributed by atoms with E-state index in [9.17, 15) is 8.42 Å². The van der Waals surface area contributed by atoms with Crippen molar-refractivity contribution in [3.63, 3.8) is 0 Å². The fourth-order valence-electron chi connectivity index (χ4n) is 1.38. The quantitative estimate of drug-likeness (QED) is 0.544. The van der Waals surface area contributed by atoms with Crippen LogP contribution in [0.15, 0.2) is 29.2 Å². The molecule has 0 aliphatic carbocycles. The maximum absolute atomic E-state index is 12.1. The first-order valence-corrected chi connectivity index (χ1v) is 8.81. The zero-order chi connectivity index (χ0) is 15.9. The molecule has 3 N–H and O–H groups in total. The Morgan fingerprint density at radius 1 is 1.28 bits per heavy atom. The molecule has 0 atom stereocenters. The van der Waals surface area contributed by atoms with E-state index in [2.05, 4.69) is 14.4 Å². The average molecular weight is 298 g/mol. The molecule has 0 radical (unpaired) electrons. The molecule has 0 unspecified atom stereocenters. The summed E-state index contributed by atoms with van der Waals surface area (Å²) in [5, 5.41) is 0. The van der Waals surface area contributed by atoms with Crippen molar-refractivity contribution < 1.29 is 27.5 Å². The van der Waals surface area contributed by atoms with Gasteiger partial charge in [-0.05, 0) is 30.7 Å². The van der Waals surface area contributed by atoms with Crippen LogP contribution in [0.4, 0.5) is 0 Å². The molecular weight excluding hydrogens is 276 g/mol. The summed E-state index contributed by atoms with van der Waals surface area (Å²) >= 11 is 0. The fraction of sp³-hybridized carbons (Fsp3) is 0.400. The topological polar surface area (TPSA) is 104 Å². The Balaban J connectivity index is 2.68. The second kappa shape index (κ2) is 5.80. The molecule has 0 saturated heterocycles. The molecular formula is C10H16O6SSi. The molecule has 6 nitrogen and oxygen atoms in total.